The topological polar surface area (TPSA) is 117 Å². The fraction of sp³-hybridized carbons (Fsp3) is 0.348. The number of rotatable bonds is 3. The zero-order chi connectivity index (χ0) is 23.1. The van der Waals surface area contributed by atoms with Crippen LogP contribution in [-0.2, 0) is 26.5 Å². The minimum atomic E-state index is -1.50. The van der Waals surface area contributed by atoms with Crippen LogP contribution >= 0.6 is 11.6 Å². The van der Waals surface area contributed by atoms with E-state index in [1.807, 2.05) is 0 Å². The number of aliphatic hydroxyl groups is 1. The summed E-state index contributed by atoms with van der Waals surface area (Å²) in [5, 5.41) is 16.7. The number of nitrogens with one attached hydrogen (secondary N) is 2. The summed E-state index contributed by atoms with van der Waals surface area (Å²) in [6.45, 7) is 1.68. The molecule has 0 radical (unpaired) electrons. The first kappa shape index (κ1) is 20.5. The highest BCUT2D eigenvalue weighted by Crippen LogP contribution is 2.54. The molecule has 2 aromatic carbocycles. The minimum Gasteiger partial charge on any atom is -0.454 e. The molecule has 5 atom stereocenters. The van der Waals surface area contributed by atoms with E-state index in [4.69, 9.17) is 21.1 Å². The number of halogens is 1. The third-order valence-corrected chi connectivity index (χ3v) is 7.34. The summed E-state index contributed by atoms with van der Waals surface area (Å²) in [7, 11) is 0. The first-order valence-corrected chi connectivity index (χ1v) is 11.0. The number of likely N-dealkylation sites (tertiary alicyclic amines) is 1. The Morgan fingerprint density at radius 3 is 2.76 bits per heavy atom. The maximum Gasteiger partial charge on any atom is 0.250 e. The van der Waals surface area contributed by atoms with E-state index in [9.17, 15) is 19.5 Å². The van der Waals surface area contributed by atoms with Gasteiger partial charge < -0.3 is 19.9 Å². The standard InChI is InChI=1S/C23H20ClN3O6/c1-10(28)18-16-17(23(26-18)12-3-2-4-13(24)19(12)25-22(23)31)21(30)27(20(16)29)8-11-5-6-14-15(7-11)33-9-32-14/h2-7,10,16-18,26,28H,8-9H2,1H3,(H,25,31). The number of carbonyl (C=O) groups is 3. The first-order valence-electron chi connectivity index (χ1n) is 10.6. The van der Waals surface area contributed by atoms with Gasteiger partial charge in [0.15, 0.2) is 11.5 Å². The Bertz CT molecular complexity index is 1230. The quantitative estimate of drug-likeness (QED) is 0.581. The number of fused-ring (bicyclic) bond motifs is 5. The van der Waals surface area contributed by atoms with Crippen molar-refractivity contribution < 1.29 is 29.0 Å². The zero-order valence-electron chi connectivity index (χ0n) is 17.5. The number of imide groups is 1. The smallest absolute Gasteiger partial charge is 0.250 e. The highest BCUT2D eigenvalue weighted by molar-refractivity contribution is 6.35. The molecule has 10 heteroatoms. The predicted molar refractivity (Wildman–Crippen MR) is 115 cm³/mol. The van der Waals surface area contributed by atoms with Gasteiger partial charge in [0.2, 0.25) is 24.5 Å². The monoisotopic (exact) mass is 469 g/mol. The number of hydrogen-bond acceptors (Lipinski definition) is 7. The molecule has 3 N–H and O–H groups in total. The van der Waals surface area contributed by atoms with Gasteiger partial charge in [-0.25, -0.2) is 0 Å². The first-order chi connectivity index (χ1) is 15.8. The maximum atomic E-state index is 13.7. The molecule has 5 unspecified atom stereocenters. The second-order valence-corrected chi connectivity index (χ2v) is 9.20. The highest BCUT2D eigenvalue weighted by atomic mass is 35.5. The van der Waals surface area contributed by atoms with Crippen molar-refractivity contribution in [3.8, 4) is 11.5 Å². The molecule has 3 amide bonds. The molecule has 1 spiro atoms. The van der Waals surface area contributed by atoms with Gasteiger partial charge in [-0.3, -0.25) is 24.6 Å². The number of hydrogen-bond donors (Lipinski definition) is 3. The van der Waals surface area contributed by atoms with Crippen LogP contribution in [-0.4, -0.2) is 46.7 Å². The van der Waals surface area contributed by atoms with E-state index < -0.39 is 47.2 Å². The van der Waals surface area contributed by atoms with E-state index in [-0.39, 0.29) is 13.3 Å². The molecule has 2 aromatic rings. The number of aliphatic hydroxyl groups excluding tert-OH is 1. The second kappa shape index (κ2) is 6.93. The number of carbonyl (C=O) groups excluding carboxylic acids is 3. The lowest BCUT2D eigenvalue weighted by Crippen LogP contribution is -2.54. The summed E-state index contributed by atoms with van der Waals surface area (Å²) < 4.78 is 10.7. The molecule has 170 valence electrons. The maximum absolute atomic E-state index is 13.7. The van der Waals surface area contributed by atoms with Crippen LogP contribution in [0, 0.1) is 11.8 Å². The van der Waals surface area contributed by atoms with Crippen LogP contribution in [0.2, 0.25) is 5.02 Å². The summed E-state index contributed by atoms with van der Waals surface area (Å²) in [5.74, 6) is -2.13. The number of nitrogens with zero attached hydrogens (tertiary/aromatic N) is 1. The molecule has 4 aliphatic rings. The molecule has 0 saturated carbocycles. The number of ether oxygens (including phenoxy) is 2. The SMILES string of the molecule is CC(O)C1NC2(C(=O)Nc3c(Cl)cccc32)C2C(=O)N(Cc3ccc4c(c3)OCO4)C(=O)C12. The molecule has 0 aromatic heterocycles. The van der Waals surface area contributed by atoms with Gasteiger partial charge in [0.1, 0.15) is 5.54 Å². The van der Waals surface area contributed by atoms with Crippen molar-refractivity contribution in [1.29, 1.82) is 0 Å². The van der Waals surface area contributed by atoms with Crippen LogP contribution in [0.5, 0.6) is 11.5 Å². The van der Waals surface area contributed by atoms with Crippen molar-refractivity contribution in [2.45, 2.75) is 31.2 Å². The Balaban J connectivity index is 1.43. The molecule has 9 nitrogen and oxygen atoms in total. The molecule has 0 bridgehead atoms. The average molecular weight is 470 g/mol. The fourth-order valence-corrected chi connectivity index (χ4v) is 5.80. The molecule has 4 aliphatic heterocycles. The highest BCUT2D eigenvalue weighted by Gasteiger charge is 2.71. The Labute approximate surface area is 193 Å². The van der Waals surface area contributed by atoms with Gasteiger partial charge in [0.25, 0.3) is 0 Å². The van der Waals surface area contributed by atoms with E-state index in [1.165, 1.54) is 11.8 Å². The fourth-order valence-electron chi connectivity index (χ4n) is 5.58. The van der Waals surface area contributed by atoms with Gasteiger partial charge in [0, 0.05) is 11.6 Å². The summed E-state index contributed by atoms with van der Waals surface area (Å²) >= 11 is 6.31. The van der Waals surface area contributed by atoms with Crippen molar-refractivity contribution in [1.82, 2.24) is 10.2 Å². The Hall–Kier alpha value is -3.14. The van der Waals surface area contributed by atoms with Crippen LogP contribution in [0.3, 0.4) is 0 Å². The Kier molecular flexibility index (Phi) is 4.30. The third kappa shape index (κ3) is 2.64. The molecule has 33 heavy (non-hydrogen) atoms. The van der Waals surface area contributed by atoms with E-state index in [0.29, 0.717) is 33.3 Å². The summed E-state index contributed by atoms with van der Waals surface area (Å²) in [6.07, 6.45) is -0.977. The van der Waals surface area contributed by atoms with E-state index >= 15 is 0 Å². The molecule has 0 aliphatic carbocycles. The minimum absolute atomic E-state index is 0.0218. The molecule has 2 fully saturated rings. The number of benzene rings is 2. The van der Waals surface area contributed by atoms with E-state index in [2.05, 4.69) is 10.6 Å². The number of anilines is 1. The van der Waals surface area contributed by atoms with Gasteiger partial charge in [-0.05, 0) is 30.7 Å². The Morgan fingerprint density at radius 1 is 1.18 bits per heavy atom. The van der Waals surface area contributed by atoms with Crippen molar-refractivity contribution in [2.24, 2.45) is 11.8 Å². The van der Waals surface area contributed by atoms with Gasteiger partial charge in [-0.1, -0.05) is 29.8 Å². The second-order valence-electron chi connectivity index (χ2n) is 8.79. The molecule has 4 heterocycles. The van der Waals surface area contributed by atoms with Crippen molar-refractivity contribution in [3.05, 3.63) is 52.5 Å². The molecular weight excluding hydrogens is 450 g/mol. The molecule has 2 saturated heterocycles. The van der Waals surface area contributed by atoms with Crippen molar-refractivity contribution in [3.63, 3.8) is 0 Å². The van der Waals surface area contributed by atoms with Crippen LogP contribution < -0.4 is 20.1 Å². The van der Waals surface area contributed by atoms with Crippen LogP contribution in [0.25, 0.3) is 0 Å². The lowest BCUT2D eigenvalue weighted by molar-refractivity contribution is -0.143. The molecular formula is C23H20ClN3O6. The third-order valence-electron chi connectivity index (χ3n) is 7.02. The van der Waals surface area contributed by atoms with E-state index in [0.717, 1.165) is 0 Å². The number of amides is 3. The average Bonchev–Trinajstić information content (AvgIpc) is 3.51. The van der Waals surface area contributed by atoms with Gasteiger partial charge in [-0.2, -0.15) is 0 Å². The largest absolute Gasteiger partial charge is 0.454 e. The van der Waals surface area contributed by atoms with Gasteiger partial charge >= 0.3 is 0 Å². The summed E-state index contributed by atoms with van der Waals surface area (Å²) in [6, 6.07) is 9.49. The molecule has 6 rings (SSSR count). The van der Waals surface area contributed by atoms with Gasteiger partial charge in [0.05, 0.1) is 35.2 Å². The predicted octanol–water partition coefficient (Wildman–Crippen LogP) is 1.37. The van der Waals surface area contributed by atoms with Crippen LogP contribution in [0.15, 0.2) is 36.4 Å². The normalized spacial score (nSPS) is 30.1. The summed E-state index contributed by atoms with van der Waals surface area (Å²) in [4.78, 5) is 41.7. The lowest BCUT2D eigenvalue weighted by Gasteiger charge is -2.30. The zero-order valence-corrected chi connectivity index (χ0v) is 18.3. The lowest BCUT2D eigenvalue weighted by atomic mass is 9.76. The Morgan fingerprint density at radius 2 is 1.97 bits per heavy atom. The van der Waals surface area contributed by atoms with Crippen LogP contribution in [0.1, 0.15) is 18.1 Å². The number of para-hydroxylation sites is 1. The summed E-state index contributed by atoms with van der Waals surface area (Å²) in [5.41, 5.74) is 0.111. The van der Waals surface area contributed by atoms with Gasteiger partial charge in [-0.15, -0.1) is 0 Å². The van der Waals surface area contributed by atoms with Crippen molar-refractivity contribution >= 4 is 35.0 Å². The van der Waals surface area contributed by atoms with Crippen LogP contribution in [0.4, 0.5) is 5.69 Å². The van der Waals surface area contributed by atoms with E-state index in [1.54, 1.807) is 36.4 Å². The van der Waals surface area contributed by atoms with Crippen molar-refractivity contribution in [2.75, 3.05) is 12.1 Å².